The number of halogens is 2. The second-order valence-electron chi connectivity index (χ2n) is 2.21. The first kappa shape index (κ1) is 6.81. The van der Waals surface area contributed by atoms with Gasteiger partial charge in [-0.05, 0) is 12.2 Å². The second-order valence-corrected chi connectivity index (χ2v) is 2.65. The predicted octanol–water partition coefficient (Wildman–Crippen LogP) is 2.65. The fourth-order valence-electron chi connectivity index (χ4n) is 0.758. The van der Waals surface area contributed by atoms with E-state index in [0.29, 0.717) is 5.03 Å². The minimum atomic E-state index is -0.854. The summed E-state index contributed by atoms with van der Waals surface area (Å²) >= 11 is 5.58. The van der Waals surface area contributed by atoms with Gasteiger partial charge in [-0.2, -0.15) is 0 Å². The molecule has 0 amide bonds. The molecule has 2 unspecified atom stereocenters. The summed E-state index contributed by atoms with van der Waals surface area (Å²) in [6, 6.07) is 0. The molecule has 0 saturated carbocycles. The van der Waals surface area contributed by atoms with E-state index in [9.17, 15) is 4.39 Å². The van der Waals surface area contributed by atoms with Gasteiger partial charge in [0.1, 0.15) is 6.17 Å². The number of hydrogen-bond acceptors (Lipinski definition) is 0. The summed E-state index contributed by atoms with van der Waals surface area (Å²) in [7, 11) is 0. The molecule has 2 atom stereocenters. The summed E-state index contributed by atoms with van der Waals surface area (Å²) in [4.78, 5) is 0. The van der Waals surface area contributed by atoms with E-state index >= 15 is 0 Å². The smallest absolute Gasteiger partial charge is 0.125 e. The Hall–Kier alpha value is -0.300. The van der Waals surface area contributed by atoms with E-state index < -0.39 is 6.17 Å². The highest BCUT2D eigenvalue weighted by molar-refractivity contribution is 6.31. The van der Waals surface area contributed by atoms with Crippen LogP contribution in [0.4, 0.5) is 4.39 Å². The Kier molecular flexibility index (Phi) is 1.91. The van der Waals surface area contributed by atoms with Gasteiger partial charge in [-0.25, -0.2) is 4.39 Å². The second kappa shape index (κ2) is 2.53. The molecule has 0 saturated heterocycles. The quantitative estimate of drug-likeness (QED) is 0.493. The van der Waals surface area contributed by atoms with Crippen LogP contribution in [0, 0.1) is 5.92 Å². The highest BCUT2D eigenvalue weighted by Gasteiger charge is 2.13. The van der Waals surface area contributed by atoms with Crippen LogP contribution in [-0.2, 0) is 0 Å². The third kappa shape index (κ3) is 1.55. The zero-order valence-corrected chi connectivity index (χ0v) is 5.90. The summed E-state index contributed by atoms with van der Waals surface area (Å²) in [6.07, 6.45) is 3.93. The minimum Gasteiger partial charge on any atom is -0.242 e. The molecular formula is C7H8ClF. The van der Waals surface area contributed by atoms with Gasteiger partial charge >= 0.3 is 0 Å². The van der Waals surface area contributed by atoms with E-state index in [1.54, 1.807) is 19.1 Å². The molecular weight excluding hydrogens is 139 g/mol. The molecule has 0 aliphatic heterocycles. The summed E-state index contributed by atoms with van der Waals surface area (Å²) < 4.78 is 12.6. The number of alkyl halides is 1. The largest absolute Gasteiger partial charge is 0.242 e. The summed E-state index contributed by atoms with van der Waals surface area (Å²) in [5.74, 6) is -0.0671. The first-order valence-corrected chi connectivity index (χ1v) is 3.27. The monoisotopic (exact) mass is 146 g/mol. The molecule has 2 heteroatoms. The van der Waals surface area contributed by atoms with Crippen molar-refractivity contribution in [2.75, 3.05) is 0 Å². The zero-order chi connectivity index (χ0) is 6.85. The van der Waals surface area contributed by atoms with Crippen molar-refractivity contribution in [1.29, 1.82) is 0 Å². The highest BCUT2D eigenvalue weighted by Crippen LogP contribution is 2.20. The van der Waals surface area contributed by atoms with Crippen LogP contribution >= 0.6 is 11.6 Å². The van der Waals surface area contributed by atoms with Crippen LogP contribution in [0.3, 0.4) is 0 Å². The third-order valence-electron chi connectivity index (χ3n) is 1.36. The molecule has 0 spiro atoms. The van der Waals surface area contributed by atoms with Crippen LogP contribution in [0.1, 0.15) is 6.92 Å². The van der Waals surface area contributed by atoms with E-state index in [2.05, 4.69) is 0 Å². The molecule has 0 fully saturated rings. The summed E-state index contributed by atoms with van der Waals surface area (Å²) in [5, 5.41) is 0.636. The van der Waals surface area contributed by atoms with Gasteiger partial charge in [0.15, 0.2) is 0 Å². The van der Waals surface area contributed by atoms with Crippen LogP contribution in [0.25, 0.3) is 0 Å². The van der Waals surface area contributed by atoms with E-state index in [4.69, 9.17) is 11.6 Å². The number of allylic oxidation sites excluding steroid dienone is 4. The van der Waals surface area contributed by atoms with Gasteiger partial charge in [0.2, 0.25) is 0 Å². The fourth-order valence-corrected chi connectivity index (χ4v) is 1.03. The zero-order valence-electron chi connectivity index (χ0n) is 5.14. The molecule has 1 aliphatic rings. The molecule has 9 heavy (non-hydrogen) atoms. The van der Waals surface area contributed by atoms with Gasteiger partial charge in [0, 0.05) is 11.0 Å². The average Bonchev–Trinajstić information content (AvgIpc) is 1.80. The molecule has 0 aromatic heterocycles. The average molecular weight is 147 g/mol. The van der Waals surface area contributed by atoms with Crippen molar-refractivity contribution in [3.8, 4) is 0 Å². The lowest BCUT2D eigenvalue weighted by Gasteiger charge is -2.12. The molecule has 1 aliphatic carbocycles. The lowest BCUT2D eigenvalue weighted by atomic mass is 10.0. The fraction of sp³-hybridized carbons (Fsp3) is 0.429. The Morgan fingerprint density at radius 1 is 1.67 bits per heavy atom. The van der Waals surface area contributed by atoms with Crippen molar-refractivity contribution in [3.63, 3.8) is 0 Å². The highest BCUT2D eigenvalue weighted by atomic mass is 35.5. The Morgan fingerprint density at radius 2 is 2.33 bits per heavy atom. The van der Waals surface area contributed by atoms with Crippen LogP contribution in [0.2, 0.25) is 0 Å². The first-order chi connectivity index (χ1) is 4.20. The number of rotatable bonds is 0. The van der Waals surface area contributed by atoms with Crippen molar-refractivity contribution < 1.29 is 4.39 Å². The minimum absolute atomic E-state index is 0.0671. The molecule has 0 N–H and O–H groups in total. The van der Waals surface area contributed by atoms with E-state index in [0.717, 1.165) is 0 Å². The lowest BCUT2D eigenvalue weighted by Crippen LogP contribution is -2.09. The van der Waals surface area contributed by atoms with E-state index in [1.165, 1.54) is 6.08 Å². The SMILES string of the molecule is CC1C=C(Cl)C=CC1F. The topological polar surface area (TPSA) is 0 Å². The van der Waals surface area contributed by atoms with E-state index in [1.807, 2.05) is 0 Å². The standard InChI is InChI=1S/C7H8ClF/c1-5-4-6(8)2-3-7(5)9/h2-5,7H,1H3. The Bertz CT molecular complexity index is 160. The molecule has 0 bridgehead atoms. The molecule has 0 radical (unpaired) electrons. The normalized spacial score (nSPS) is 34.3. The van der Waals surface area contributed by atoms with Crippen molar-refractivity contribution in [1.82, 2.24) is 0 Å². The summed E-state index contributed by atoms with van der Waals surface area (Å²) in [6.45, 7) is 1.80. The summed E-state index contributed by atoms with van der Waals surface area (Å²) in [5.41, 5.74) is 0. The van der Waals surface area contributed by atoms with Crippen molar-refractivity contribution in [2.24, 2.45) is 5.92 Å². The van der Waals surface area contributed by atoms with Crippen LogP contribution in [-0.4, -0.2) is 6.17 Å². The van der Waals surface area contributed by atoms with Crippen LogP contribution in [0.15, 0.2) is 23.3 Å². The maximum absolute atomic E-state index is 12.6. The van der Waals surface area contributed by atoms with Gasteiger partial charge in [0.25, 0.3) is 0 Å². The third-order valence-corrected chi connectivity index (χ3v) is 1.62. The van der Waals surface area contributed by atoms with Gasteiger partial charge in [-0.1, -0.05) is 24.6 Å². The van der Waals surface area contributed by atoms with Gasteiger partial charge in [-0.15, -0.1) is 0 Å². The van der Waals surface area contributed by atoms with Crippen molar-refractivity contribution in [2.45, 2.75) is 13.1 Å². The predicted molar refractivity (Wildman–Crippen MR) is 37.1 cm³/mol. The Labute approximate surface area is 59.0 Å². The number of hydrogen-bond donors (Lipinski definition) is 0. The maximum Gasteiger partial charge on any atom is 0.125 e. The van der Waals surface area contributed by atoms with Crippen molar-refractivity contribution in [3.05, 3.63) is 23.3 Å². The lowest BCUT2D eigenvalue weighted by molar-refractivity contribution is 0.333. The van der Waals surface area contributed by atoms with Gasteiger partial charge < -0.3 is 0 Å². The van der Waals surface area contributed by atoms with Gasteiger partial charge in [-0.3, -0.25) is 0 Å². The Balaban J connectivity index is 2.70. The van der Waals surface area contributed by atoms with Gasteiger partial charge in [0.05, 0.1) is 0 Å². The molecule has 1 rings (SSSR count). The van der Waals surface area contributed by atoms with E-state index in [-0.39, 0.29) is 5.92 Å². The molecule has 0 aromatic rings. The molecule has 50 valence electrons. The molecule has 0 aromatic carbocycles. The first-order valence-electron chi connectivity index (χ1n) is 2.90. The molecule has 0 heterocycles. The molecule has 0 nitrogen and oxygen atoms in total. The van der Waals surface area contributed by atoms with Crippen LogP contribution in [0.5, 0.6) is 0 Å². The van der Waals surface area contributed by atoms with Crippen LogP contribution < -0.4 is 0 Å². The Morgan fingerprint density at radius 3 is 2.78 bits per heavy atom. The van der Waals surface area contributed by atoms with Crippen molar-refractivity contribution >= 4 is 11.6 Å². The maximum atomic E-state index is 12.6.